The Kier molecular flexibility index (Phi) is 6.22. The van der Waals surface area contributed by atoms with Gasteiger partial charge >= 0.3 is 6.18 Å². The molecule has 0 spiro atoms. The van der Waals surface area contributed by atoms with E-state index in [9.17, 15) is 18.0 Å². The number of carbonyl (C=O) groups is 1. The molecule has 3 aromatic heterocycles. The van der Waals surface area contributed by atoms with E-state index in [1.807, 2.05) is 60.7 Å². The SMILES string of the molecule is Nc1nc(-c2ccccc2)c(-c2ccc3ncccc3c2)nc1C(=O)NCc1cccc(C(F)(F)F)n1. The van der Waals surface area contributed by atoms with Crippen molar-refractivity contribution in [2.45, 2.75) is 12.7 Å². The van der Waals surface area contributed by atoms with Crippen LogP contribution in [0.4, 0.5) is 19.0 Å². The Morgan fingerprint density at radius 1 is 0.838 bits per heavy atom. The molecule has 5 rings (SSSR count). The molecule has 7 nitrogen and oxygen atoms in total. The van der Waals surface area contributed by atoms with E-state index in [1.54, 1.807) is 6.20 Å². The highest BCUT2D eigenvalue weighted by molar-refractivity contribution is 5.98. The molecule has 0 bridgehead atoms. The van der Waals surface area contributed by atoms with Gasteiger partial charge in [-0.1, -0.05) is 48.5 Å². The summed E-state index contributed by atoms with van der Waals surface area (Å²) in [6.07, 6.45) is -2.89. The molecule has 10 heteroatoms. The van der Waals surface area contributed by atoms with Crippen LogP contribution in [0.5, 0.6) is 0 Å². The minimum absolute atomic E-state index is 0.0397. The molecule has 37 heavy (non-hydrogen) atoms. The predicted molar refractivity (Wildman–Crippen MR) is 133 cm³/mol. The molecule has 1 amide bonds. The summed E-state index contributed by atoms with van der Waals surface area (Å²) in [5, 5.41) is 3.42. The van der Waals surface area contributed by atoms with Crippen LogP contribution in [0.1, 0.15) is 21.9 Å². The number of carbonyl (C=O) groups excluding carboxylic acids is 1. The van der Waals surface area contributed by atoms with Crippen molar-refractivity contribution in [1.29, 1.82) is 0 Å². The summed E-state index contributed by atoms with van der Waals surface area (Å²) >= 11 is 0. The molecular formula is C27H19F3N6O. The lowest BCUT2D eigenvalue weighted by molar-refractivity contribution is -0.141. The summed E-state index contributed by atoms with van der Waals surface area (Å²) in [4.78, 5) is 30.0. The zero-order chi connectivity index (χ0) is 26.0. The van der Waals surface area contributed by atoms with Crippen molar-refractivity contribution in [3.63, 3.8) is 0 Å². The largest absolute Gasteiger partial charge is 0.433 e. The molecule has 0 unspecified atom stereocenters. The molecule has 5 aromatic rings. The second-order valence-corrected chi connectivity index (χ2v) is 8.13. The first-order chi connectivity index (χ1) is 17.8. The van der Waals surface area contributed by atoms with Gasteiger partial charge in [0.2, 0.25) is 0 Å². The van der Waals surface area contributed by atoms with Gasteiger partial charge in [0.15, 0.2) is 11.5 Å². The van der Waals surface area contributed by atoms with Crippen LogP contribution in [-0.4, -0.2) is 25.8 Å². The first-order valence-corrected chi connectivity index (χ1v) is 11.2. The van der Waals surface area contributed by atoms with Crippen molar-refractivity contribution in [3.8, 4) is 22.5 Å². The highest BCUT2D eigenvalue weighted by Gasteiger charge is 2.32. The van der Waals surface area contributed by atoms with Gasteiger partial charge in [0.25, 0.3) is 5.91 Å². The monoisotopic (exact) mass is 500 g/mol. The lowest BCUT2D eigenvalue weighted by Gasteiger charge is -2.14. The van der Waals surface area contributed by atoms with E-state index in [4.69, 9.17) is 5.73 Å². The number of rotatable bonds is 5. The number of amides is 1. The maximum atomic E-state index is 13.0. The summed E-state index contributed by atoms with van der Waals surface area (Å²) in [6.45, 7) is -0.249. The van der Waals surface area contributed by atoms with Gasteiger partial charge in [-0.3, -0.25) is 9.78 Å². The third-order valence-electron chi connectivity index (χ3n) is 5.59. The number of nitrogens with zero attached hydrogens (tertiary/aromatic N) is 4. The number of nitrogens with two attached hydrogens (primary N) is 1. The summed E-state index contributed by atoms with van der Waals surface area (Å²) in [5.41, 5.74) is 8.14. The standard InChI is InChI=1S/C27H19F3N6O/c28-27(29,30)21-10-4-9-19(34-21)15-33-26(37)24-25(31)36-22(16-6-2-1-3-7-16)23(35-24)18-11-12-20-17(14-18)8-5-13-32-20/h1-14H,15H2,(H2,31,36)(H,33,37). The van der Waals surface area contributed by atoms with E-state index >= 15 is 0 Å². The minimum Gasteiger partial charge on any atom is -0.382 e. The Morgan fingerprint density at radius 2 is 1.62 bits per heavy atom. The number of hydrogen-bond donors (Lipinski definition) is 2. The molecular weight excluding hydrogens is 481 g/mol. The van der Waals surface area contributed by atoms with Crippen LogP contribution in [0, 0.1) is 0 Å². The summed E-state index contributed by atoms with van der Waals surface area (Å²) in [7, 11) is 0. The average Bonchev–Trinajstić information content (AvgIpc) is 2.91. The second-order valence-electron chi connectivity index (χ2n) is 8.13. The van der Waals surface area contributed by atoms with E-state index in [0.29, 0.717) is 17.0 Å². The normalized spacial score (nSPS) is 11.4. The van der Waals surface area contributed by atoms with Crippen molar-refractivity contribution >= 4 is 22.6 Å². The molecule has 2 aromatic carbocycles. The summed E-state index contributed by atoms with van der Waals surface area (Å²) in [6, 6.07) is 22.1. The van der Waals surface area contributed by atoms with E-state index in [2.05, 4.69) is 25.3 Å². The molecule has 184 valence electrons. The van der Waals surface area contributed by atoms with E-state index < -0.39 is 17.8 Å². The first kappa shape index (κ1) is 23.9. The van der Waals surface area contributed by atoms with Crippen LogP contribution in [0.2, 0.25) is 0 Å². The molecule has 0 radical (unpaired) electrons. The quantitative estimate of drug-likeness (QED) is 0.340. The number of nitrogen functional groups attached to an aromatic ring is 1. The Bertz CT molecular complexity index is 1610. The number of alkyl halides is 3. The van der Waals surface area contributed by atoms with Crippen molar-refractivity contribution in [3.05, 3.63) is 102 Å². The van der Waals surface area contributed by atoms with Gasteiger partial charge in [0, 0.05) is 22.7 Å². The molecule has 0 fully saturated rings. The number of hydrogen-bond acceptors (Lipinski definition) is 6. The van der Waals surface area contributed by atoms with Crippen LogP contribution in [0.15, 0.2) is 85.1 Å². The van der Waals surface area contributed by atoms with E-state index in [-0.39, 0.29) is 23.8 Å². The maximum Gasteiger partial charge on any atom is 0.433 e. The Labute approximate surface area is 209 Å². The number of pyridine rings is 2. The molecule has 0 aliphatic carbocycles. The Hall–Kier alpha value is -4.86. The van der Waals surface area contributed by atoms with E-state index in [1.165, 1.54) is 12.1 Å². The number of aromatic nitrogens is 4. The number of halogens is 3. The summed E-state index contributed by atoms with van der Waals surface area (Å²) < 4.78 is 38.9. The van der Waals surface area contributed by atoms with Gasteiger partial charge in [-0.05, 0) is 30.3 Å². The van der Waals surface area contributed by atoms with Crippen molar-refractivity contribution in [1.82, 2.24) is 25.3 Å². The number of anilines is 1. The fraction of sp³-hybridized carbons (Fsp3) is 0.0741. The zero-order valence-corrected chi connectivity index (χ0v) is 19.2. The lowest BCUT2D eigenvalue weighted by atomic mass is 10.0. The summed E-state index contributed by atoms with van der Waals surface area (Å²) in [5.74, 6) is -0.799. The second kappa shape index (κ2) is 9.65. The molecule has 3 N–H and O–H groups in total. The fourth-order valence-electron chi connectivity index (χ4n) is 3.83. The van der Waals surface area contributed by atoms with Crippen LogP contribution < -0.4 is 11.1 Å². The maximum absolute atomic E-state index is 13.0. The highest BCUT2D eigenvalue weighted by Crippen LogP contribution is 2.32. The van der Waals surface area contributed by atoms with Crippen LogP contribution >= 0.6 is 0 Å². The van der Waals surface area contributed by atoms with Gasteiger partial charge in [-0.2, -0.15) is 13.2 Å². The molecule has 0 saturated carbocycles. The Balaban J connectivity index is 1.52. The van der Waals surface area contributed by atoms with Crippen LogP contribution in [0.25, 0.3) is 33.4 Å². The smallest absolute Gasteiger partial charge is 0.382 e. The average molecular weight is 500 g/mol. The van der Waals surface area contributed by atoms with Crippen LogP contribution in [0.3, 0.4) is 0 Å². The highest BCUT2D eigenvalue weighted by atomic mass is 19.4. The fourth-order valence-corrected chi connectivity index (χ4v) is 3.83. The van der Waals surface area contributed by atoms with Crippen molar-refractivity contribution < 1.29 is 18.0 Å². The number of benzene rings is 2. The van der Waals surface area contributed by atoms with Gasteiger partial charge in [0.1, 0.15) is 5.69 Å². The lowest BCUT2D eigenvalue weighted by Crippen LogP contribution is -2.26. The van der Waals surface area contributed by atoms with Crippen molar-refractivity contribution in [2.75, 3.05) is 5.73 Å². The number of nitrogens with one attached hydrogen (secondary N) is 1. The minimum atomic E-state index is -4.59. The molecule has 0 atom stereocenters. The topological polar surface area (TPSA) is 107 Å². The molecule has 0 aliphatic rings. The van der Waals surface area contributed by atoms with Gasteiger partial charge in [-0.15, -0.1) is 0 Å². The Morgan fingerprint density at radius 3 is 2.41 bits per heavy atom. The van der Waals surface area contributed by atoms with Gasteiger partial charge < -0.3 is 11.1 Å². The zero-order valence-electron chi connectivity index (χ0n) is 19.2. The molecule has 3 heterocycles. The predicted octanol–water partition coefficient (Wildman–Crippen LogP) is 5.28. The van der Waals surface area contributed by atoms with Crippen LogP contribution in [-0.2, 0) is 12.7 Å². The third kappa shape index (κ3) is 5.08. The third-order valence-corrected chi connectivity index (χ3v) is 5.59. The van der Waals surface area contributed by atoms with Crippen molar-refractivity contribution in [2.24, 2.45) is 0 Å². The van der Waals surface area contributed by atoms with E-state index in [0.717, 1.165) is 22.5 Å². The van der Waals surface area contributed by atoms with Gasteiger partial charge in [-0.25, -0.2) is 15.0 Å². The van der Waals surface area contributed by atoms with Gasteiger partial charge in [0.05, 0.1) is 29.1 Å². The number of fused-ring (bicyclic) bond motifs is 1. The molecule has 0 aliphatic heterocycles. The molecule has 0 saturated heterocycles. The first-order valence-electron chi connectivity index (χ1n) is 11.2.